The van der Waals surface area contributed by atoms with E-state index in [1.165, 1.54) is 0 Å². The molecule has 0 aliphatic carbocycles. The minimum atomic E-state index is -0.198. The van der Waals surface area contributed by atoms with Gasteiger partial charge in [0.25, 0.3) is 5.91 Å². The normalized spacial score (nSPS) is 17.1. The van der Waals surface area contributed by atoms with Crippen LogP contribution in [0, 0.1) is 0 Å². The van der Waals surface area contributed by atoms with Crippen LogP contribution in [0.2, 0.25) is 5.02 Å². The van der Waals surface area contributed by atoms with E-state index in [1.807, 2.05) is 31.2 Å². The maximum Gasteiger partial charge on any atom is 0.273 e. The molecule has 1 aromatic carbocycles. The molecule has 2 heterocycles. The van der Waals surface area contributed by atoms with Crippen molar-refractivity contribution in [2.75, 3.05) is 6.54 Å². The lowest BCUT2D eigenvalue weighted by Crippen LogP contribution is -2.28. The van der Waals surface area contributed by atoms with Gasteiger partial charge in [-0.3, -0.25) is 4.79 Å². The highest BCUT2D eigenvalue weighted by Gasteiger charge is 2.27. The molecule has 3 rings (SSSR count). The van der Waals surface area contributed by atoms with Crippen molar-refractivity contribution >= 4 is 17.5 Å². The SMILES string of the molecule is CCCNC(=O)c1nnn2c1CO[C@H](c1ccc(Cl)cc1)C2. The zero-order valence-corrected chi connectivity index (χ0v) is 13.0. The topological polar surface area (TPSA) is 69.0 Å². The van der Waals surface area contributed by atoms with Crippen molar-refractivity contribution in [1.29, 1.82) is 0 Å². The van der Waals surface area contributed by atoms with E-state index < -0.39 is 0 Å². The van der Waals surface area contributed by atoms with Crippen molar-refractivity contribution in [3.8, 4) is 0 Å². The summed E-state index contributed by atoms with van der Waals surface area (Å²) < 4.78 is 7.60. The number of hydrogen-bond acceptors (Lipinski definition) is 4. The summed E-state index contributed by atoms with van der Waals surface area (Å²) in [6.45, 7) is 3.47. The van der Waals surface area contributed by atoms with Crippen molar-refractivity contribution in [3.63, 3.8) is 0 Å². The van der Waals surface area contributed by atoms with E-state index in [0.29, 0.717) is 30.4 Å². The van der Waals surface area contributed by atoms with Crippen LogP contribution in [0.1, 0.15) is 41.2 Å². The minimum Gasteiger partial charge on any atom is -0.365 e. The predicted octanol–water partition coefficient (Wildman–Crippen LogP) is 2.34. The molecule has 0 fully saturated rings. The summed E-state index contributed by atoms with van der Waals surface area (Å²) in [5, 5.41) is 11.6. The van der Waals surface area contributed by atoms with Gasteiger partial charge in [-0.2, -0.15) is 0 Å². The summed E-state index contributed by atoms with van der Waals surface area (Å²) in [5.41, 5.74) is 2.10. The molecular formula is C15H17ClN4O2. The van der Waals surface area contributed by atoms with Crippen LogP contribution < -0.4 is 5.32 Å². The van der Waals surface area contributed by atoms with Gasteiger partial charge < -0.3 is 10.1 Å². The van der Waals surface area contributed by atoms with Crippen LogP contribution in [0.4, 0.5) is 0 Å². The molecule has 22 heavy (non-hydrogen) atoms. The lowest BCUT2D eigenvalue weighted by atomic mass is 10.1. The number of amides is 1. The smallest absolute Gasteiger partial charge is 0.273 e. The first-order valence-corrected chi connectivity index (χ1v) is 7.64. The van der Waals surface area contributed by atoms with Crippen LogP contribution in [0.25, 0.3) is 0 Å². The maximum absolute atomic E-state index is 12.0. The molecule has 0 radical (unpaired) electrons. The Labute approximate surface area is 133 Å². The summed E-state index contributed by atoms with van der Waals surface area (Å²) in [5.74, 6) is -0.198. The quantitative estimate of drug-likeness (QED) is 0.938. The highest BCUT2D eigenvalue weighted by atomic mass is 35.5. The van der Waals surface area contributed by atoms with Crippen molar-refractivity contribution in [1.82, 2.24) is 20.3 Å². The third kappa shape index (κ3) is 2.98. The summed E-state index contributed by atoms with van der Waals surface area (Å²) in [6.07, 6.45) is 0.766. The fraction of sp³-hybridized carbons (Fsp3) is 0.400. The van der Waals surface area contributed by atoms with Gasteiger partial charge in [0, 0.05) is 11.6 Å². The molecule has 6 nitrogen and oxygen atoms in total. The van der Waals surface area contributed by atoms with Crippen molar-refractivity contribution in [3.05, 3.63) is 46.2 Å². The standard InChI is InChI=1S/C15H17ClN4O2/c1-2-7-17-15(21)14-12-9-22-13(8-20(12)19-18-14)10-3-5-11(16)6-4-10/h3-6,13H,2,7-9H2,1H3,(H,17,21)/t13-/m0/s1. The minimum absolute atomic E-state index is 0.113. The van der Waals surface area contributed by atoms with E-state index in [4.69, 9.17) is 16.3 Å². The molecule has 0 unspecified atom stereocenters. The van der Waals surface area contributed by atoms with Gasteiger partial charge >= 0.3 is 0 Å². The van der Waals surface area contributed by atoms with Gasteiger partial charge in [0.15, 0.2) is 5.69 Å². The largest absolute Gasteiger partial charge is 0.365 e. The first-order valence-electron chi connectivity index (χ1n) is 7.26. The average Bonchev–Trinajstić information content (AvgIpc) is 2.96. The van der Waals surface area contributed by atoms with E-state index in [2.05, 4.69) is 15.6 Å². The van der Waals surface area contributed by atoms with E-state index >= 15 is 0 Å². The van der Waals surface area contributed by atoms with Crippen LogP contribution in [-0.4, -0.2) is 27.4 Å². The number of carbonyl (C=O) groups excluding carboxylic acids is 1. The van der Waals surface area contributed by atoms with Crippen molar-refractivity contribution in [2.45, 2.75) is 32.6 Å². The molecule has 0 saturated heterocycles. The molecular weight excluding hydrogens is 304 g/mol. The Morgan fingerprint density at radius 1 is 1.45 bits per heavy atom. The highest BCUT2D eigenvalue weighted by molar-refractivity contribution is 6.30. The predicted molar refractivity (Wildman–Crippen MR) is 81.6 cm³/mol. The van der Waals surface area contributed by atoms with E-state index in [9.17, 15) is 4.79 Å². The van der Waals surface area contributed by atoms with Crippen LogP contribution in [0.5, 0.6) is 0 Å². The first kappa shape index (κ1) is 15.0. The Kier molecular flexibility index (Phi) is 4.40. The number of nitrogens with zero attached hydrogens (tertiary/aromatic N) is 3. The molecule has 0 spiro atoms. The van der Waals surface area contributed by atoms with Crippen LogP contribution >= 0.6 is 11.6 Å². The monoisotopic (exact) mass is 320 g/mol. The third-order valence-corrected chi connectivity index (χ3v) is 3.84. The zero-order valence-electron chi connectivity index (χ0n) is 12.3. The fourth-order valence-corrected chi connectivity index (χ4v) is 2.52. The lowest BCUT2D eigenvalue weighted by Gasteiger charge is -2.24. The summed E-state index contributed by atoms with van der Waals surface area (Å²) in [6, 6.07) is 7.54. The zero-order chi connectivity index (χ0) is 15.5. The summed E-state index contributed by atoms with van der Waals surface area (Å²) in [7, 11) is 0. The highest BCUT2D eigenvalue weighted by Crippen LogP contribution is 2.27. The molecule has 1 aliphatic rings. The molecule has 1 aromatic heterocycles. The van der Waals surface area contributed by atoms with Gasteiger partial charge in [0.1, 0.15) is 6.10 Å². The van der Waals surface area contributed by atoms with Gasteiger partial charge in [-0.15, -0.1) is 5.10 Å². The number of nitrogens with one attached hydrogen (secondary N) is 1. The van der Waals surface area contributed by atoms with Crippen LogP contribution in [0.15, 0.2) is 24.3 Å². The van der Waals surface area contributed by atoms with Gasteiger partial charge in [0.05, 0.1) is 18.8 Å². The Morgan fingerprint density at radius 3 is 2.95 bits per heavy atom. The molecule has 1 N–H and O–H groups in total. The number of carbonyl (C=O) groups is 1. The van der Waals surface area contributed by atoms with E-state index in [-0.39, 0.29) is 12.0 Å². The molecule has 0 saturated carbocycles. The van der Waals surface area contributed by atoms with E-state index in [1.54, 1.807) is 4.68 Å². The Hall–Kier alpha value is -1.92. The fourth-order valence-electron chi connectivity index (χ4n) is 2.39. The molecule has 1 amide bonds. The lowest BCUT2D eigenvalue weighted by molar-refractivity contribution is -0.00176. The van der Waals surface area contributed by atoms with Gasteiger partial charge in [-0.25, -0.2) is 4.68 Å². The number of hydrogen-bond donors (Lipinski definition) is 1. The molecule has 1 atom stereocenters. The number of ether oxygens (including phenoxy) is 1. The second-order valence-electron chi connectivity index (χ2n) is 5.17. The number of benzene rings is 1. The third-order valence-electron chi connectivity index (χ3n) is 3.59. The molecule has 7 heteroatoms. The van der Waals surface area contributed by atoms with Crippen LogP contribution in [0.3, 0.4) is 0 Å². The Bertz CT molecular complexity index is 669. The van der Waals surface area contributed by atoms with Crippen molar-refractivity contribution < 1.29 is 9.53 Å². The van der Waals surface area contributed by atoms with Crippen molar-refractivity contribution in [2.24, 2.45) is 0 Å². The average molecular weight is 321 g/mol. The molecule has 0 bridgehead atoms. The number of halogens is 1. The van der Waals surface area contributed by atoms with E-state index in [0.717, 1.165) is 17.7 Å². The molecule has 116 valence electrons. The second-order valence-corrected chi connectivity index (χ2v) is 5.61. The molecule has 2 aromatic rings. The molecule has 1 aliphatic heterocycles. The summed E-state index contributed by atoms with van der Waals surface area (Å²) in [4.78, 5) is 12.0. The number of fused-ring (bicyclic) bond motifs is 1. The van der Waals surface area contributed by atoms with Gasteiger partial charge in [-0.05, 0) is 24.1 Å². The van der Waals surface area contributed by atoms with Gasteiger partial charge in [0.2, 0.25) is 0 Å². The summed E-state index contributed by atoms with van der Waals surface area (Å²) >= 11 is 5.90. The number of rotatable bonds is 4. The van der Waals surface area contributed by atoms with Gasteiger partial charge in [-0.1, -0.05) is 35.9 Å². The maximum atomic E-state index is 12.0. The number of aromatic nitrogens is 3. The second kappa shape index (κ2) is 6.46. The van der Waals surface area contributed by atoms with Crippen LogP contribution in [-0.2, 0) is 17.9 Å². The first-order chi connectivity index (χ1) is 10.7. The Morgan fingerprint density at radius 2 is 2.23 bits per heavy atom. The Balaban J connectivity index is 1.76.